The van der Waals surface area contributed by atoms with Gasteiger partial charge in [-0.15, -0.1) is 0 Å². The van der Waals surface area contributed by atoms with Gasteiger partial charge in [-0.3, -0.25) is 14.4 Å². The average Bonchev–Trinajstić information content (AvgIpc) is 3.40. The summed E-state index contributed by atoms with van der Waals surface area (Å²) in [7, 11) is 1.60. The van der Waals surface area contributed by atoms with Crippen molar-refractivity contribution in [3.8, 4) is 11.8 Å². The summed E-state index contributed by atoms with van der Waals surface area (Å²) in [5.74, 6) is 0.748. The van der Waals surface area contributed by atoms with Crippen LogP contribution < -0.4 is 15.6 Å². The third kappa shape index (κ3) is 4.16. The summed E-state index contributed by atoms with van der Waals surface area (Å²) in [6.45, 7) is 0. The zero-order chi connectivity index (χ0) is 23.9. The standard InChI is InChI=1S/C27H27N3O4/c1-34-24-4-2-3-17-10-19(11-20(17)24)25(32)30-22(9-16-5-6-16)23(31)14-27(15-28)12-18-7-8-29-26(33)21(18)13-27/h2-4,7-8,11,16,22H,5-6,9-10,12-14H2,1H3,(H,29,33)(H,30,32). The van der Waals surface area contributed by atoms with Crippen LogP contribution in [-0.4, -0.2) is 29.8 Å². The predicted molar refractivity (Wildman–Crippen MR) is 126 cm³/mol. The van der Waals surface area contributed by atoms with Crippen LogP contribution in [0.4, 0.5) is 0 Å². The molecule has 2 N–H and O–H groups in total. The number of carbonyl (C=O) groups is 2. The van der Waals surface area contributed by atoms with E-state index in [0.717, 1.165) is 35.3 Å². The van der Waals surface area contributed by atoms with Crippen LogP contribution >= 0.6 is 0 Å². The Morgan fingerprint density at radius 1 is 1.26 bits per heavy atom. The Labute approximate surface area is 197 Å². The van der Waals surface area contributed by atoms with Gasteiger partial charge in [0.1, 0.15) is 5.75 Å². The molecule has 34 heavy (non-hydrogen) atoms. The molecule has 1 saturated carbocycles. The lowest BCUT2D eigenvalue weighted by Crippen LogP contribution is -2.44. The van der Waals surface area contributed by atoms with E-state index in [2.05, 4.69) is 16.4 Å². The number of rotatable bonds is 8. The highest BCUT2D eigenvalue weighted by atomic mass is 16.5. The molecule has 7 heteroatoms. The number of Topliss-reactive ketones (excluding diaryl/α,β-unsaturated/α-hetero) is 1. The number of carbonyl (C=O) groups excluding carboxylic acids is 2. The van der Waals surface area contributed by atoms with Crippen molar-refractivity contribution in [1.29, 1.82) is 5.26 Å². The Balaban J connectivity index is 1.32. The lowest BCUT2D eigenvalue weighted by atomic mass is 9.79. The van der Waals surface area contributed by atoms with E-state index in [4.69, 9.17) is 4.74 Å². The molecule has 0 aliphatic heterocycles. The molecule has 0 bridgehead atoms. The maximum Gasteiger partial charge on any atom is 0.251 e. The number of benzene rings is 1. The first-order valence-corrected chi connectivity index (χ1v) is 11.7. The second-order valence-electron chi connectivity index (χ2n) is 9.78. The molecule has 174 valence electrons. The summed E-state index contributed by atoms with van der Waals surface area (Å²) >= 11 is 0. The number of H-pyrrole nitrogens is 1. The first-order valence-electron chi connectivity index (χ1n) is 11.7. The number of hydrogen-bond acceptors (Lipinski definition) is 5. The highest BCUT2D eigenvalue weighted by Gasteiger charge is 2.43. The molecule has 2 unspecified atom stereocenters. The second kappa shape index (κ2) is 8.60. The Morgan fingerprint density at radius 3 is 2.79 bits per heavy atom. The van der Waals surface area contributed by atoms with Crippen molar-refractivity contribution >= 4 is 17.8 Å². The van der Waals surface area contributed by atoms with E-state index >= 15 is 0 Å². The molecular weight excluding hydrogens is 430 g/mol. The highest BCUT2D eigenvalue weighted by Crippen LogP contribution is 2.40. The Kier molecular flexibility index (Phi) is 5.60. The molecular formula is C27H27N3O4. The minimum absolute atomic E-state index is 0.0163. The number of pyridine rings is 1. The van der Waals surface area contributed by atoms with Crippen LogP contribution in [0.25, 0.3) is 6.08 Å². The number of ether oxygens (including phenoxy) is 1. The fourth-order valence-electron chi connectivity index (χ4n) is 5.25. The molecule has 0 saturated heterocycles. The molecule has 1 heterocycles. The van der Waals surface area contributed by atoms with E-state index in [9.17, 15) is 19.6 Å². The second-order valence-corrected chi connectivity index (χ2v) is 9.78. The number of nitrogens with zero attached hydrogens (tertiary/aromatic N) is 1. The quantitative estimate of drug-likeness (QED) is 0.633. The number of nitrogens with one attached hydrogen (secondary N) is 2. The van der Waals surface area contributed by atoms with Gasteiger partial charge in [-0.2, -0.15) is 5.26 Å². The van der Waals surface area contributed by atoms with Crippen LogP contribution in [0.15, 0.2) is 40.8 Å². The number of ketones is 1. The summed E-state index contributed by atoms with van der Waals surface area (Å²) in [6, 6.07) is 9.23. The molecule has 2 atom stereocenters. The summed E-state index contributed by atoms with van der Waals surface area (Å²) in [6.07, 6.45) is 7.23. The van der Waals surface area contributed by atoms with Crippen molar-refractivity contribution in [2.75, 3.05) is 7.11 Å². The molecule has 1 aromatic heterocycles. The highest BCUT2D eigenvalue weighted by molar-refractivity contribution is 6.03. The summed E-state index contributed by atoms with van der Waals surface area (Å²) in [4.78, 5) is 41.5. The smallest absolute Gasteiger partial charge is 0.251 e. The van der Waals surface area contributed by atoms with Crippen LogP contribution in [-0.2, 0) is 28.9 Å². The maximum atomic E-state index is 13.4. The number of amides is 1. The van der Waals surface area contributed by atoms with Gasteiger partial charge in [-0.1, -0.05) is 25.0 Å². The molecule has 1 amide bonds. The van der Waals surface area contributed by atoms with E-state index in [1.807, 2.05) is 30.3 Å². The van der Waals surface area contributed by atoms with Gasteiger partial charge in [0, 0.05) is 35.7 Å². The van der Waals surface area contributed by atoms with Gasteiger partial charge in [0.25, 0.3) is 5.56 Å². The van der Waals surface area contributed by atoms with Gasteiger partial charge in [0.2, 0.25) is 5.91 Å². The normalized spacial score (nSPS) is 21.1. The number of methoxy groups -OCH3 is 1. The van der Waals surface area contributed by atoms with Crippen molar-refractivity contribution in [1.82, 2.24) is 10.3 Å². The number of aromatic nitrogens is 1. The number of hydrogen-bond donors (Lipinski definition) is 2. The zero-order valence-electron chi connectivity index (χ0n) is 19.1. The van der Waals surface area contributed by atoms with E-state index in [-0.39, 0.29) is 30.1 Å². The third-order valence-electron chi connectivity index (χ3n) is 7.28. The van der Waals surface area contributed by atoms with E-state index in [1.54, 1.807) is 13.3 Å². The van der Waals surface area contributed by atoms with E-state index in [1.165, 1.54) is 0 Å². The van der Waals surface area contributed by atoms with Crippen LogP contribution in [0.3, 0.4) is 0 Å². The predicted octanol–water partition coefficient (Wildman–Crippen LogP) is 2.88. The van der Waals surface area contributed by atoms with Gasteiger partial charge in [0.05, 0.1) is 24.6 Å². The van der Waals surface area contributed by atoms with E-state index < -0.39 is 11.5 Å². The lowest BCUT2D eigenvalue weighted by Gasteiger charge is -2.24. The summed E-state index contributed by atoms with van der Waals surface area (Å²) in [5, 5.41) is 13.0. The topological polar surface area (TPSA) is 112 Å². The molecule has 5 rings (SSSR count). The van der Waals surface area contributed by atoms with Gasteiger partial charge in [-0.05, 0) is 54.5 Å². The Hall–Kier alpha value is -3.66. The van der Waals surface area contributed by atoms with Gasteiger partial charge < -0.3 is 15.0 Å². The third-order valence-corrected chi connectivity index (χ3v) is 7.28. The van der Waals surface area contributed by atoms with Crippen molar-refractivity contribution in [3.63, 3.8) is 0 Å². The first-order chi connectivity index (χ1) is 16.4. The molecule has 0 spiro atoms. The fraction of sp³-hybridized carbons (Fsp3) is 0.407. The molecule has 3 aliphatic carbocycles. The van der Waals surface area contributed by atoms with Crippen LogP contribution in [0, 0.1) is 22.7 Å². The minimum Gasteiger partial charge on any atom is -0.496 e. The molecule has 7 nitrogen and oxygen atoms in total. The SMILES string of the molecule is COc1cccc2c1C=C(C(=O)NC(CC1CC1)C(=O)CC1(C#N)Cc3cc[nH]c(=O)c3C1)C2. The Bertz CT molecular complexity index is 1300. The molecule has 3 aliphatic rings. The van der Waals surface area contributed by atoms with Gasteiger partial charge in [-0.25, -0.2) is 0 Å². The summed E-state index contributed by atoms with van der Waals surface area (Å²) < 4.78 is 5.41. The largest absolute Gasteiger partial charge is 0.496 e. The van der Waals surface area contributed by atoms with Gasteiger partial charge in [0.15, 0.2) is 5.78 Å². The molecule has 1 aromatic carbocycles. The van der Waals surface area contributed by atoms with Crippen molar-refractivity contribution in [2.45, 2.75) is 51.0 Å². The monoisotopic (exact) mass is 457 g/mol. The fourth-order valence-corrected chi connectivity index (χ4v) is 5.25. The average molecular weight is 458 g/mol. The molecule has 1 fully saturated rings. The van der Waals surface area contributed by atoms with Gasteiger partial charge >= 0.3 is 0 Å². The lowest BCUT2D eigenvalue weighted by molar-refractivity contribution is -0.127. The first kappa shape index (κ1) is 22.1. The number of fused-ring (bicyclic) bond motifs is 2. The van der Waals surface area contributed by atoms with Crippen molar-refractivity contribution < 1.29 is 14.3 Å². The van der Waals surface area contributed by atoms with Crippen molar-refractivity contribution in [2.24, 2.45) is 11.3 Å². The maximum absolute atomic E-state index is 13.4. The van der Waals surface area contributed by atoms with Crippen LogP contribution in [0.2, 0.25) is 0 Å². The number of aromatic amines is 1. The zero-order valence-corrected chi connectivity index (χ0v) is 19.1. The molecule has 2 aromatic rings. The van der Waals surface area contributed by atoms with Crippen molar-refractivity contribution in [3.05, 3.63) is 68.6 Å². The Morgan fingerprint density at radius 2 is 2.09 bits per heavy atom. The summed E-state index contributed by atoms with van der Waals surface area (Å²) in [5.41, 5.74) is 2.78. The minimum atomic E-state index is -0.948. The van der Waals surface area contributed by atoms with Crippen LogP contribution in [0.5, 0.6) is 5.75 Å². The number of nitriles is 1. The molecule has 0 radical (unpaired) electrons. The van der Waals surface area contributed by atoms with E-state index in [0.29, 0.717) is 36.3 Å². The van der Waals surface area contributed by atoms with Crippen LogP contribution in [0.1, 0.15) is 47.9 Å².